The second-order valence-corrected chi connectivity index (χ2v) is 12.2. The third-order valence-electron chi connectivity index (χ3n) is 5.01. The summed E-state index contributed by atoms with van der Waals surface area (Å²) in [6.45, 7) is -2.39. The van der Waals surface area contributed by atoms with Crippen molar-refractivity contribution in [2.24, 2.45) is 0 Å². The average molecular weight is 814 g/mol. The molecule has 0 N–H and O–H groups in total. The third kappa shape index (κ3) is 15.1. The first-order valence-electron chi connectivity index (χ1n) is 10.8. The summed E-state index contributed by atoms with van der Waals surface area (Å²) in [6, 6.07) is 0. The van der Waals surface area contributed by atoms with E-state index in [1.807, 2.05) is 0 Å². The number of carbonyl (C=O) groups is 1. The van der Waals surface area contributed by atoms with Gasteiger partial charge in [-0.15, -0.1) is 13.0 Å². The van der Waals surface area contributed by atoms with Gasteiger partial charge in [0.25, 0.3) is 0 Å². The molecule has 0 bridgehead atoms. The molecule has 0 amide bonds. The largest absolute Gasteiger partial charge is 0.726 e. The van der Waals surface area contributed by atoms with E-state index in [4.69, 9.17) is 26.8 Å². The lowest BCUT2D eigenvalue weighted by atomic mass is 9.98. The Bertz CT molecular complexity index is 1280. The minimum absolute atomic E-state index is 0.212. The highest BCUT2D eigenvalue weighted by Crippen LogP contribution is 2.37. The molecule has 278 valence electrons. The first-order valence-corrected chi connectivity index (χ1v) is 16.8. The van der Waals surface area contributed by atoms with Crippen molar-refractivity contribution in [1.82, 2.24) is 0 Å². The maximum Gasteiger partial charge on any atom is 0.218 e. The summed E-state index contributed by atoms with van der Waals surface area (Å²) in [4.78, 5) is 11.9. The van der Waals surface area contributed by atoms with E-state index in [0.29, 0.717) is 0 Å². The third-order valence-corrected chi connectivity index (χ3v) is 7.52. The first-order chi connectivity index (χ1) is 21.9. The van der Waals surface area contributed by atoms with Crippen LogP contribution >= 0.6 is 37.0 Å². The number of rotatable bonds is 23. The quantitative estimate of drug-likeness (QED) is 0.0231. The number of ether oxygens (including phenoxy) is 3. The molecule has 2 aliphatic heterocycles. The van der Waals surface area contributed by atoms with Crippen LogP contribution in [-0.4, -0.2) is 113 Å². The SMILES string of the molecule is O=C([O-])C1OC(OC2C(COSOO[O-])OC(COS(=O)(=O)[O-])C2OS(=O)(=O)[O-])C(OS(=O)(=O)[O-])C(OSOO[O-])C1OSOO[O-]. The van der Waals surface area contributed by atoms with Gasteiger partial charge in [0.05, 0.1) is 19.2 Å². The van der Waals surface area contributed by atoms with Crippen LogP contribution in [0.2, 0.25) is 0 Å². The number of hydrogen-bond acceptors (Lipinski definition) is 32. The highest BCUT2D eigenvalue weighted by Gasteiger charge is 2.56. The van der Waals surface area contributed by atoms with Gasteiger partial charge in [-0.1, -0.05) is 0 Å². The Morgan fingerprint density at radius 3 is 1.66 bits per heavy atom. The monoisotopic (exact) mass is 813 g/mol. The number of aliphatic carboxylic acids is 1. The van der Waals surface area contributed by atoms with Crippen LogP contribution in [0.4, 0.5) is 0 Å². The van der Waals surface area contributed by atoms with E-state index in [9.17, 15) is 64.6 Å². The molecule has 0 aromatic heterocycles. The van der Waals surface area contributed by atoms with Gasteiger partial charge in [0, 0.05) is 0 Å². The maximum atomic E-state index is 11.9. The van der Waals surface area contributed by atoms with Crippen LogP contribution in [0, 0.1) is 0 Å². The second kappa shape index (κ2) is 19.8. The molecule has 2 saturated heterocycles. The molecule has 9 atom stereocenters. The zero-order valence-electron chi connectivity index (χ0n) is 21.4. The van der Waals surface area contributed by atoms with Crippen molar-refractivity contribution in [3.8, 4) is 0 Å². The average Bonchev–Trinajstić information content (AvgIpc) is 3.25. The van der Waals surface area contributed by atoms with Crippen LogP contribution in [-0.2, 0) is 103 Å². The minimum atomic E-state index is -5.93. The predicted octanol–water partition coefficient (Wildman–Crippen LogP) is -8.07. The Morgan fingerprint density at radius 2 is 1.15 bits per heavy atom. The fraction of sp³-hybridized carbons (Fsp3) is 0.917. The Morgan fingerprint density at radius 1 is 0.638 bits per heavy atom. The van der Waals surface area contributed by atoms with Crippen LogP contribution < -0.4 is 20.9 Å². The lowest BCUT2D eigenvalue weighted by Crippen LogP contribution is -2.65. The van der Waals surface area contributed by atoms with Crippen molar-refractivity contribution in [3.63, 3.8) is 0 Å². The van der Waals surface area contributed by atoms with Gasteiger partial charge >= 0.3 is 0 Å². The summed E-state index contributed by atoms with van der Waals surface area (Å²) < 4.78 is 157. The fourth-order valence-corrected chi connectivity index (χ4v) is 5.88. The van der Waals surface area contributed by atoms with Gasteiger partial charge in [-0.25, -0.2) is 25.3 Å². The van der Waals surface area contributed by atoms with Crippen LogP contribution in [0.1, 0.15) is 0 Å². The molecule has 2 rings (SSSR count). The molecule has 9 unspecified atom stereocenters. The molecular weight excluding hydrogens is 801 g/mol. The lowest BCUT2D eigenvalue weighted by molar-refractivity contribution is -0.778. The predicted molar refractivity (Wildman–Crippen MR) is 117 cm³/mol. The number of carbonyl (C=O) groups excluding carboxylic acids is 1. The van der Waals surface area contributed by atoms with Crippen LogP contribution in [0.25, 0.3) is 0 Å². The summed E-state index contributed by atoms with van der Waals surface area (Å²) in [5.74, 6) is -2.27. The van der Waals surface area contributed by atoms with Gasteiger partial charge in [0.2, 0.25) is 31.2 Å². The molecule has 47 heavy (non-hydrogen) atoms. The number of carboxylic acid groups (broad SMARTS) is 1. The zero-order valence-corrected chi connectivity index (χ0v) is 26.3. The molecule has 0 spiro atoms. The van der Waals surface area contributed by atoms with Crippen LogP contribution in [0.15, 0.2) is 0 Å². The van der Waals surface area contributed by atoms with E-state index >= 15 is 0 Å². The molecular formula is C12H13O29S6-7. The lowest BCUT2D eigenvalue weighted by Gasteiger charge is -2.45. The van der Waals surface area contributed by atoms with Gasteiger partial charge in [0.15, 0.2) is 49.4 Å². The molecule has 2 aliphatic rings. The van der Waals surface area contributed by atoms with E-state index in [1.165, 1.54) is 0 Å². The Kier molecular flexibility index (Phi) is 18.0. The minimum Gasteiger partial charge on any atom is -0.726 e. The normalized spacial score (nSPS) is 30.5. The molecule has 0 saturated carbocycles. The standard InChI is InChI=1S/C12H20O29S6/c13-11(14)9-7(32-43-40-37-16)8(33-44-41-38-17)10(35-47(24,25)26)12(31-9)30-5-3(1-27-42-39-36-15)29-4(2-28-45(18,19)20)6(5)34-46(21,22)23/h3-10,12,15-17H,1-2H2,(H,13,14)(H,18,19,20)(H,21,22,23)(H,24,25,26)/p-7. The summed E-state index contributed by atoms with van der Waals surface area (Å²) in [5.41, 5.74) is 0. The van der Waals surface area contributed by atoms with E-state index in [0.717, 1.165) is 0 Å². The van der Waals surface area contributed by atoms with Crippen molar-refractivity contribution < 1.29 is 132 Å². The van der Waals surface area contributed by atoms with Gasteiger partial charge < -0.3 is 53.5 Å². The Labute approximate surface area is 273 Å². The zero-order chi connectivity index (χ0) is 35.4. The van der Waals surface area contributed by atoms with Crippen molar-refractivity contribution in [2.75, 3.05) is 13.2 Å². The molecule has 35 heteroatoms. The Balaban J connectivity index is 2.61. The molecule has 0 radical (unpaired) electrons. The van der Waals surface area contributed by atoms with E-state index in [1.54, 1.807) is 0 Å². The number of hydrogen-bond donors (Lipinski definition) is 0. The van der Waals surface area contributed by atoms with Crippen molar-refractivity contribution >= 4 is 74.1 Å². The summed E-state index contributed by atoms with van der Waals surface area (Å²) in [6.07, 6.45) is -21.3. The van der Waals surface area contributed by atoms with Crippen LogP contribution in [0.3, 0.4) is 0 Å². The molecule has 0 aliphatic carbocycles. The number of carboxylic acids is 1. The van der Waals surface area contributed by atoms with Gasteiger partial charge in [-0.3, -0.25) is 40.2 Å². The summed E-state index contributed by atoms with van der Waals surface area (Å²) in [5, 5.41) is 51.3. The molecule has 2 heterocycles. The summed E-state index contributed by atoms with van der Waals surface area (Å²) in [7, 11) is -17.3. The highest BCUT2D eigenvalue weighted by molar-refractivity contribution is 7.90. The Hall–Kier alpha value is -0.470. The molecule has 2 fully saturated rings. The maximum absolute atomic E-state index is 11.9. The van der Waals surface area contributed by atoms with Crippen molar-refractivity contribution in [1.29, 1.82) is 0 Å². The molecule has 0 aromatic rings. The van der Waals surface area contributed by atoms with E-state index < -0.39 is 130 Å². The topological polar surface area (TPSA) is 419 Å². The van der Waals surface area contributed by atoms with Gasteiger partial charge in [-0.2, -0.15) is 0 Å². The molecule has 29 nitrogen and oxygen atoms in total. The molecule has 0 aromatic carbocycles. The van der Waals surface area contributed by atoms with Crippen molar-refractivity contribution in [2.45, 2.75) is 55.1 Å². The van der Waals surface area contributed by atoms with E-state index in [-0.39, 0.29) is 12.3 Å². The smallest absolute Gasteiger partial charge is 0.218 e. The van der Waals surface area contributed by atoms with E-state index in [2.05, 4.69) is 40.7 Å². The summed E-state index contributed by atoms with van der Waals surface area (Å²) >= 11 is -1.13. The van der Waals surface area contributed by atoms with Gasteiger partial charge in [-0.05, 0) is 0 Å². The van der Waals surface area contributed by atoms with Crippen molar-refractivity contribution in [3.05, 3.63) is 0 Å². The first kappa shape index (κ1) is 42.7. The second-order valence-electron chi connectivity index (χ2n) is 7.71. The highest BCUT2D eigenvalue weighted by atomic mass is 32.3. The van der Waals surface area contributed by atoms with Crippen LogP contribution in [0.5, 0.6) is 0 Å². The van der Waals surface area contributed by atoms with Gasteiger partial charge in [0.1, 0.15) is 42.7 Å². The fourth-order valence-electron chi connectivity index (χ4n) is 3.63.